The van der Waals surface area contributed by atoms with Crippen molar-refractivity contribution < 1.29 is 29.1 Å². The molecule has 19 nitrogen and oxygen atoms in total. The maximum absolute atomic E-state index is 14.0. The van der Waals surface area contributed by atoms with Crippen LogP contribution in [0.5, 0.6) is 0 Å². The summed E-state index contributed by atoms with van der Waals surface area (Å²) in [7, 11) is 1.69. The number of aliphatic hydroxyl groups excluding tert-OH is 1. The van der Waals surface area contributed by atoms with Gasteiger partial charge in [0.1, 0.15) is 29.1 Å². The Labute approximate surface area is 436 Å². The summed E-state index contributed by atoms with van der Waals surface area (Å²) in [6.45, 7) is 17.0. The lowest BCUT2D eigenvalue weighted by molar-refractivity contribution is -0.136. The Morgan fingerprint density at radius 2 is 1.59 bits per heavy atom. The van der Waals surface area contributed by atoms with Gasteiger partial charge in [0.25, 0.3) is 23.3 Å². The van der Waals surface area contributed by atoms with Crippen LogP contribution in [-0.4, -0.2) is 157 Å². The fourth-order valence-corrected chi connectivity index (χ4v) is 12.4. The summed E-state index contributed by atoms with van der Waals surface area (Å²) in [4.78, 5) is 101. The van der Waals surface area contributed by atoms with Gasteiger partial charge < -0.3 is 29.4 Å². The third-order valence-electron chi connectivity index (χ3n) is 16.3. The number of amides is 5. The maximum atomic E-state index is 14.0. The first kappa shape index (κ1) is 50.1. The van der Waals surface area contributed by atoms with Crippen molar-refractivity contribution in [3.8, 4) is 11.1 Å². The van der Waals surface area contributed by atoms with Crippen LogP contribution < -0.4 is 26.0 Å². The van der Waals surface area contributed by atoms with E-state index in [1.807, 2.05) is 36.5 Å². The number of nitrogens with one attached hydrogen (secondary N) is 2. The Bertz CT molecular complexity index is 3160. The number of hydrogen-bond donors (Lipinski definition) is 3. The van der Waals surface area contributed by atoms with E-state index in [0.29, 0.717) is 70.3 Å². The van der Waals surface area contributed by atoms with Gasteiger partial charge in [-0.1, -0.05) is 26.0 Å². The molecule has 19 heteroatoms. The highest BCUT2D eigenvalue weighted by molar-refractivity contribution is 6.24. The molecule has 11 rings (SSSR count). The molecule has 3 fully saturated rings. The summed E-state index contributed by atoms with van der Waals surface area (Å²) in [5, 5.41) is 16.3. The zero-order valence-corrected chi connectivity index (χ0v) is 43.3. The van der Waals surface area contributed by atoms with E-state index in [1.165, 1.54) is 15.8 Å². The third kappa shape index (κ3) is 9.66. The highest BCUT2D eigenvalue weighted by Crippen LogP contribution is 2.40. The molecule has 1 unspecified atom stereocenters. The van der Waals surface area contributed by atoms with Crippen molar-refractivity contribution in [2.45, 2.75) is 84.5 Å². The number of nitrogens with zero attached hydrogens (tertiary/aromatic N) is 10. The molecule has 392 valence electrons. The molecule has 2 atom stereocenters. The smallest absolute Gasteiger partial charge is 0.276 e. The molecular weight excluding hydrogens is 953 g/mol. The van der Waals surface area contributed by atoms with Crippen LogP contribution in [0.1, 0.15) is 93.6 Å². The normalized spacial score (nSPS) is 21.2. The van der Waals surface area contributed by atoms with Gasteiger partial charge in [-0.05, 0) is 104 Å². The van der Waals surface area contributed by atoms with Crippen LogP contribution in [0.3, 0.4) is 0 Å². The van der Waals surface area contributed by atoms with Crippen molar-refractivity contribution in [2.24, 2.45) is 12.5 Å². The van der Waals surface area contributed by atoms with E-state index in [9.17, 15) is 33.9 Å². The van der Waals surface area contributed by atoms with Gasteiger partial charge in [0.15, 0.2) is 0 Å². The summed E-state index contributed by atoms with van der Waals surface area (Å²) < 4.78 is 3.67. The number of aliphatic hydroxyl groups is 1. The lowest BCUT2D eigenvalue weighted by Gasteiger charge is -2.42. The van der Waals surface area contributed by atoms with E-state index in [4.69, 9.17) is 4.98 Å². The van der Waals surface area contributed by atoms with Crippen molar-refractivity contribution in [3.63, 3.8) is 0 Å². The van der Waals surface area contributed by atoms with Gasteiger partial charge in [0, 0.05) is 121 Å². The van der Waals surface area contributed by atoms with Crippen LogP contribution in [0.15, 0.2) is 71.9 Å². The molecule has 3 saturated heterocycles. The number of pyridine rings is 3. The molecule has 5 aliphatic heterocycles. The zero-order chi connectivity index (χ0) is 52.3. The van der Waals surface area contributed by atoms with Crippen molar-refractivity contribution in [1.82, 2.24) is 44.0 Å². The van der Waals surface area contributed by atoms with Crippen molar-refractivity contribution in [1.29, 1.82) is 0 Å². The van der Waals surface area contributed by atoms with Crippen LogP contribution in [0, 0.1) is 5.41 Å². The predicted octanol–water partition coefficient (Wildman–Crippen LogP) is 3.83. The van der Waals surface area contributed by atoms with E-state index >= 15 is 0 Å². The largest absolute Gasteiger partial charge is 0.392 e. The van der Waals surface area contributed by atoms with Crippen molar-refractivity contribution in [3.05, 3.63) is 117 Å². The zero-order valence-electron chi connectivity index (χ0n) is 43.3. The van der Waals surface area contributed by atoms with E-state index in [-0.39, 0.29) is 48.3 Å². The van der Waals surface area contributed by atoms with Gasteiger partial charge in [-0.2, -0.15) is 0 Å². The molecule has 0 saturated carbocycles. The Morgan fingerprint density at radius 1 is 0.813 bits per heavy atom. The molecule has 0 bridgehead atoms. The van der Waals surface area contributed by atoms with Gasteiger partial charge in [-0.15, -0.1) is 0 Å². The van der Waals surface area contributed by atoms with Crippen LogP contribution >= 0.6 is 0 Å². The lowest BCUT2D eigenvalue weighted by Crippen LogP contribution is -2.54. The predicted molar refractivity (Wildman–Crippen MR) is 283 cm³/mol. The number of piperazine rings is 2. The van der Waals surface area contributed by atoms with Crippen molar-refractivity contribution >= 4 is 52.5 Å². The molecule has 5 aromatic rings. The molecule has 0 spiro atoms. The highest BCUT2D eigenvalue weighted by Gasteiger charge is 2.45. The minimum atomic E-state index is -0.972. The number of carbonyl (C=O) groups is 5. The second kappa shape index (κ2) is 20.2. The topological polar surface area (TPSA) is 202 Å². The fourth-order valence-electron chi connectivity index (χ4n) is 12.4. The monoisotopic (exact) mass is 1020 g/mol. The molecule has 75 heavy (non-hydrogen) atoms. The first-order valence-electron chi connectivity index (χ1n) is 26.5. The number of benzene rings is 1. The molecule has 1 aromatic carbocycles. The molecule has 6 aliphatic rings. The number of fused-ring (bicyclic) bond motifs is 4. The van der Waals surface area contributed by atoms with E-state index in [1.54, 1.807) is 42.5 Å². The van der Waals surface area contributed by atoms with Crippen molar-refractivity contribution in [2.75, 3.05) is 87.1 Å². The second-order valence-electron chi connectivity index (χ2n) is 21.9. The first-order chi connectivity index (χ1) is 36.1. The van der Waals surface area contributed by atoms with E-state index in [0.717, 1.165) is 101 Å². The van der Waals surface area contributed by atoms with E-state index < -0.39 is 23.8 Å². The fraction of sp³-hybridized carbons (Fsp3) is 0.464. The molecule has 5 amide bonds. The Kier molecular flexibility index (Phi) is 13.5. The van der Waals surface area contributed by atoms with Gasteiger partial charge in [0.2, 0.25) is 11.8 Å². The van der Waals surface area contributed by atoms with Gasteiger partial charge in [-0.3, -0.25) is 53.7 Å². The van der Waals surface area contributed by atoms with Crippen LogP contribution in [0.25, 0.3) is 11.1 Å². The minimum absolute atomic E-state index is 0.0922. The Hall–Kier alpha value is -7.06. The van der Waals surface area contributed by atoms with Crippen LogP contribution in [0.4, 0.5) is 23.0 Å². The average molecular weight is 1020 g/mol. The summed E-state index contributed by atoms with van der Waals surface area (Å²) in [6, 6.07) is 14.2. The highest BCUT2D eigenvalue weighted by atomic mass is 16.3. The Balaban J connectivity index is 0.649. The number of hydrogen-bond acceptors (Lipinski definition) is 14. The summed E-state index contributed by atoms with van der Waals surface area (Å²) in [5.41, 5.74) is 7.86. The third-order valence-corrected chi connectivity index (χ3v) is 16.3. The summed E-state index contributed by atoms with van der Waals surface area (Å²) in [5.74, 6) is -1.09. The molecule has 4 aromatic heterocycles. The summed E-state index contributed by atoms with van der Waals surface area (Å²) >= 11 is 0. The number of aromatic nitrogens is 4. The number of rotatable bonds is 14. The lowest BCUT2D eigenvalue weighted by atomic mass is 9.90. The minimum Gasteiger partial charge on any atom is -0.392 e. The van der Waals surface area contributed by atoms with Gasteiger partial charge in [-0.25, -0.2) is 9.97 Å². The summed E-state index contributed by atoms with van der Waals surface area (Å²) in [6.07, 6.45) is 8.84. The first-order valence-corrected chi connectivity index (χ1v) is 26.5. The number of piperidine rings is 1. The Morgan fingerprint density at radius 3 is 2.33 bits per heavy atom. The maximum Gasteiger partial charge on any atom is 0.276 e. The van der Waals surface area contributed by atoms with Gasteiger partial charge in [0.05, 0.1) is 29.6 Å². The molecule has 3 N–H and O–H groups in total. The SMILES string of the molecule is C[C@H]1CN(CCN2CCN(CCCc3cccc4c3C(=O)N(C3CCC(=O)NC3=O)C4=O)CC2)CCN1c1ccc(Nc2cc(-c3ccnc(N4CCn5c(cc6c5CC(C)(C)C6)C4=O)c3CO)cn(C)c2=O)nc1. The van der Waals surface area contributed by atoms with E-state index in [2.05, 4.69) is 60.6 Å². The van der Waals surface area contributed by atoms with Crippen LogP contribution in [-0.2, 0) is 49.1 Å². The van der Waals surface area contributed by atoms with Gasteiger partial charge >= 0.3 is 0 Å². The average Bonchev–Trinajstić information content (AvgIpc) is 4.00. The number of aryl methyl sites for hydroxylation is 2. The number of carbonyl (C=O) groups excluding carboxylic acids is 5. The second-order valence-corrected chi connectivity index (χ2v) is 21.9. The number of anilines is 4. The van der Waals surface area contributed by atoms with Crippen LogP contribution in [0.2, 0.25) is 0 Å². The molecular formula is C56H66N12O7. The standard InChI is InChI=1S/C56H66N12O7/c1-35-32-64(22-21-63-19-17-62(18-20-63)16-6-8-36-7-5-9-41-49(36)55(75)68(52(41)72)44-11-13-48(70)60-51(44)71)23-24-65(35)39-10-12-47(58-31-39)59-43-27-38(33-61(4)53(43)73)40-14-15-57-50(42(40)34-69)67-26-25-66-45(54(67)74)28-37-29-56(2,3)30-46(37)66/h5,7,9-10,12,14-15,27-28,31,33,35,44,69H,6,8,11,13,16-26,29-30,32,34H2,1-4H3,(H,58,59)(H,60,70,71)/t35-,44?/m0/s1. The molecule has 1 aliphatic carbocycles. The molecule has 0 radical (unpaired) electrons. The molecule has 9 heterocycles. The number of imide groups is 2. The quantitative estimate of drug-likeness (QED) is 0.136.